The molecule has 4 rings (SSSR count). The molecule has 8 heteroatoms. The Morgan fingerprint density at radius 2 is 1.96 bits per heavy atom. The molecular weight excluding hydrogens is 370 g/mol. The molecule has 1 heterocycles. The summed E-state index contributed by atoms with van der Waals surface area (Å²) in [6, 6.07) is 4.46. The molecule has 0 spiro atoms. The van der Waals surface area contributed by atoms with Crippen LogP contribution in [0.15, 0.2) is 29.2 Å². The third-order valence-corrected chi connectivity index (χ3v) is 5.46. The minimum Gasteiger partial charge on any atom is -0.391 e. The predicted molar refractivity (Wildman–Crippen MR) is 101 cm³/mol. The van der Waals surface area contributed by atoms with Gasteiger partial charge in [0.2, 0.25) is 11.3 Å². The third kappa shape index (κ3) is 3.70. The van der Waals surface area contributed by atoms with Gasteiger partial charge < -0.3 is 20.7 Å². The monoisotopic (exact) mass is 389 g/mol. The molecule has 2 fully saturated rings. The number of aromatic nitrogens is 1. The van der Waals surface area contributed by atoms with Crippen LogP contribution in [0.3, 0.4) is 0 Å². The molecule has 27 heavy (non-hydrogen) atoms. The van der Waals surface area contributed by atoms with E-state index in [1.165, 1.54) is 6.20 Å². The summed E-state index contributed by atoms with van der Waals surface area (Å²) < 4.78 is 0. The summed E-state index contributed by atoms with van der Waals surface area (Å²) in [5.74, 6) is -0.975. The topological polar surface area (TPSA) is 111 Å². The Hall–Kier alpha value is -2.38. The molecule has 0 aliphatic heterocycles. The number of rotatable bonds is 4. The minimum atomic E-state index is -0.817. The fourth-order valence-corrected chi connectivity index (χ4v) is 3.71. The number of hydrogen-bond acceptors (Lipinski definition) is 4. The van der Waals surface area contributed by atoms with Gasteiger partial charge in [0.05, 0.1) is 17.7 Å². The minimum absolute atomic E-state index is 0.0390. The Kier molecular flexibility index (Phi) is 4.65. The summed E-state index contributed by atoms with van der Waals surface area (Å²) >= 11 is 5.92. The maximum Gasteiger partial charge on any atom is 0.257 e. The quantitative estimate of drug-likeness (QED) is 0.632. The van der Waals surface area contributed by atoms with Crippen LogP contribution in [0.5, 0.6) is 0 Å². The van der Waals surface area contributed by atoms with E-state index in [1.54, 1.807) is 18.2 Å². The van der Waals surface area contributed by atoms with Gasteiger partial charge in [-0.3, -0.25) is 14.4 Å². The number of carbonyl (C=O) groups excluding carboxylic acids is 2. The summed E-state index contributed by atoms with van der Waals surface area (Å²) in [5.41, 5.74) is 0.0955. The van der Waals surface area contributed by atoms with Gasteiger partial charge in [0.15, 0.2) is 0 Å². The highest BCUT2D eigenvalue weighted by Crippen LogP contribution is 2.28. The van der Waals surface area contributed by atoms with Gasteiger partial charge in [0.25, 0.3) is 5.91 Å². The molecular formula is C19H20ClN3O4. The van der Waals surface area contributed by atoms with Gasteiger partial charge in [0.1, 0.15) is 5.56 Å². The van der Waals surface area contributed by atoms with Crippen LogP contribution in [0.4, 0.5) is 0 Å². The van der Waals surface area contributed by atoms with Gasteiger partial charge in [-0.2, -0.15) is 0 Å². The van der Waals surface area contributed by atoms with Gasteiger partial charge >= 0.3 is 0 Å². The molecule has 2 saturated carbocycles. The zero-order valence-electron chi connectivity index (χ0n) is 14.5. The Labute approximate surface area is 160 Å². The molecule has 4 N–H and O–H groups in total. The van der Waals surface area contributed by atoms with E-state index in [0.717, 1.165) is 12.8 Å². The number of aliphatic hydroxyl groups is 1. The van der Waals surface area contributed by atoms with Crippen LogP contribution in [0.1, 0.15) is 36.0 Å². The van der Waals surface area contributed by atoms with E-state index in [1.807, 2.05) is 0 Å². The van der Waals surface area contributed by atoms with Crippen LogP contribution in [0.25, 0.3) is 10.9 Å². The molecule has 2 aliphatic carbocycles. The van der Waals surface area contributed by atoms with Gasteiger partial charge in [-0.1, -0.05) is 11.6 Å². The van der Waals surface area contributed by atoms with E-state index in [-0.39, 0.29) is 23.4 Å². The van der Waals surface area contributed by atoms with E-state index in [9.17, 15) is 19.5 Å². The highest BCUT2D eigenvalue weighted by molar-refractivity contribution is 6.31. The van der Waals surface area contributed by atoms with Gasteiger partial charge in [-0.05, 0) is 43.9 Å². The Bertz CT molecular complexity index is 969. The van der Waals surface area contributed by atoms with Crippen molar-refractivity contribution in [2.24, 2.45) is 5.92 Å². The van der Waals surface area contributed by atoms with Crippen molar-refractivity contribution < 1.29 is 14.7 Å². The third-order valence-electron chi connectivity index (χ3n) is 5.23. The Morgan fingerprint density at radius 1 is 1.19 bits per heavy atom. The molecule has 2 amide bonds. The predicted octanol–water partition coefficient (Wildman–Crippen LogP) is 1.33. The lowest BCUT2D eigenvalue weighted by Crippen LogP contribution is -2.41. The number of pyridine rings is 1. The van der Waals surface area contributed by atoms with Crippen LogP contribution in [-0.2, 0) is 4.79 Å². The lowest BCUT2D eigenvalue weighted by molar-refractivity contribution is -0.125. The van der Waals surface area contributed by atoms with Crippen molar-refractivity contribution in [1.29, 1.82) is 0 Å². The number of H-pyrrole nitrogens is 1. The van der Waals surface area contributed by atoms with Gasteiger partial charge in [-0.15, -0.1) is 0 Å². The standard InChI is InChI=1S/C19H20ClN3O4/c20-10-1-4-12-14(7-10)21-8-13(17(12)25)19(27)23-15-5-9(6-16(15)24)18(26)22-11-2-3-11/h1,4,7-9,11,15-16,24H,2-3,5-6H2,(H,21,25)(H,22,26)(H,23,27)/t9-,15+,16+/m0/s1. The Morgan fingerprint density at radius 3 is 2.70 bits per heavy atom. The number of benzene rings is 1. The van der Waals surface area contributed by atoms with Crippen LogP contribution in [-0.4, -0.2) is 40.1 Å². The summed E-state index contributed by atoms with van der Waals surface area (Å²) in [5, 5.41) is 16.7. The number of aliphatic hydroxyl groups excluding tert-OH is 1. The zero-order valence-corrected chi connectivity index (χ0v) is 15.3. The zero-order chi connectivity index (χ0) is 19.1. The first-order chi connectivity index (χ1) is 12.9. The number of fused-ring (bicyclic) bond motifs is 1. The normalized spacial score (nSPS) is 24.7. The summed E-state index contributed by atoms with van der Waals surface area (Å²) in [6.45, 7) is 0. The van der Waals surface area contributed by atoms with Crippen molar-refractivity contribution in [2.75, 3.05) is 0 Å². The van der Waals surface area contributed by atoms with E-state index >= 15 is 0 Å². The van der Waals surface area contributed by atoms with Crippen molar-refractivity contribution in [2.45, 2.75) is 43.9 Å². The largest absolute Gasteiger partial charge is 0.391 e. The first kappa shape index (κ1) is 18.0. The second kappa shape index (κ2) is 6.98. The summed E-state index contributed by atoms with van der Waals surface area (Å²) in [6.07, 6.45) is 3.17. The number of aromatic amines is 1. The van der Waals surface area contributed by atoms with E-state index in [2.05, 4.69) is 15.6 Å². The number of halogens is 1. The van der Waals surface area contributed by atoms with E-state index in [0.29, 0.717) is 28.8 Å². The van der Waals surface area contributed by atoms with Crippen molar-refractivity contribution >= 4 is 34.3 Å². The highest BCUT2D eigenvalue weighted by Gasteiger charge is 2.39. The lowest BCUT2D eigenvalue weighted by atomic mass is 10.1. The van der Waals surface area contributed by atoms with Crippen molar-refractivity contribution in [3.63, 3.8) is 0 Å². The van der Waals surface area contributed by atoms with Gasteiger partial charge in [-0.25, -0.2) is 0 Å². The van der Waals surface area contributed by atoms with Gasteiger partial charge in [0, 0.05) is 28.6 Å². The van der Waals surface area contributed by atoms with Crippen LogP contribution < -0.4 is 16.1 Å². The molecule has 0 saturated heterocycles. The SMILES string of the molecule is O=C(N[C@@H]1C[C@H](C(=O)NC2CC2)C[C@H]1O)c1c[nH]c2cc(Cl)ccc2c1=O. The van der Waals surface area contributed by atoms with E-state index in [4.69, 9.17) is 11.6 Å². The fourth-order valence-electron chi connectivity index (χ4n) is 3.54. The molecule has 0 unspecified atom stereocenters. The molecule has 1 aromatic carbocycles. The highest BCUT2D eigenvalue weighted by atomic mass is 35.5. The molecule has 0 radical (unpaired) electrons. The smallest absolute Gasteiger partial charge is 0.257 e. The molecule has 142 valence electrons. The maximum absolute atomic E-state index is 12.6. The number of amides is 2. The van der Waals surface area contributed by atoms with E-state index < -0.39 is 23.5 Å². The van der Waals surface area contributed by atoms with Crippen molar-refractivity contribution in [1.82, 2.24) is 15.6 Å². The Balaban J connectivity index is 1.48. The average molecular weight is 390 g/mol. The first-order valence-electron chi connectivity index (χ1n) is 9.02. The van der Waals surface area contributed by atoms with Crippen LogP contribution in [0.2, 0.25) is 5.02 Å². The van der Waals surface area contributed by atoms with Crippen molar-refractivity contribution in [3.05, 3.63) is 45.2 Å². The summed E-state index contributed by atoms with van der Waals surface area (Å²) in [7, 11) is 0. The maximum atomic E-state index is 12.6. The van der Waals surface area contributed by atoms with Crippen LogP contribution >= 0.6 is 11.6 Å². The summed E-state index contributed by atoms with van der Waals surface area (Å²) in [4.78, 5) is 40.2. The first-order valence-corrected chi connectivity index (χ1v) is 9.40. The number of hydrogen-bond donors (Lipinski definition) is 4. The second-order valence-electron chi connectivity index (χ2n) is 7.32. The molecule has 7 nitrogen and oxygen atoms in total. The molecule has 1 aromatic heterocycles. The molecule has 2 aromatic rings. The fraction of sp³-hybridized carbons (Fsp3) is 0.421. The second-order valence-corrected chi connectivity index (χ2v) is 7.76. The lowest BCUT2D eigenvalue weighted by Gasteiger charge is -2.16. The molecule has 2 aliphatic rings. The molecule has 0 bridgehead atoms. The average Bonchev–Trinajstić information content (AvgIpc) is 3.36. The number of nitrogens with one attached hydrogen (secondary N) is 3. The van der Waals surface area contributed by atoms with Crippen LogP contribution in [0, 0.1) is 5.92 Å². The number of carbonyl (C=O) groups is 2. The van der Waals surface area contributed by atoms with Crippen molar-refractivity contribution in [3.8, 4) is 0 Å². The molecule has 3 atom stereocenters.